The molecule has 7 nitrogen and oxygen atoms in total. The molecule has 2 fully saturated rings. The molecule has 0 atom stereocenters. The fraction of sp³-hybridized carbons (Fsp3) is 0.692. The molecule has 2 aliphatic carbocycles. The molecule has 1 aromatic rings. The summed E-state index contributed by atoms with van der Waals surface area (Å²) in [6, 6.07) is -0.0201. The molecule has 0 aliphatic heterocycles. The van der Waals surface area contributed by atoms with E-state index in [1.807, 2.05) is 0 Å². The smallest absolute Gasteiger partial charge is 0.342 e. The van der Waals surface area contributed by atoms with Gasteiger partial charge in [0.15, 0.2) is 5.03 Å². The highest BCUT2D eigenvalue weighted by atomic mass is 32.2. The van der Waals surface area contributed by atoms with E-state index in [1.165, 1.54) is 6.20 Å². The first-order valence-corrected chi connectivity index (χ1v) is 8.74. The van der Waals surface area contributed by atoms with Crippen LogP contribution in [-0.2, 0) is 14.8 Å². The Labute approximate surface area is 123 Å². The van der Waals surface area contributed by atoms with Crippen LogP contribution in [0, 0.1) is 11.8 Å². The van der Waals surface area contributed by atoms with Crippen LogP contribution in [0.2, 0.25) is 0 Å². The number of hydrogen-bond donors (Lipinski definition) is 2. The topological polar surface area (TPSA) is 101 Å². The van der Waals surface area contributed by atoms with Gasteiger partial charge in [-0.25, -0.2) is 17.9 Å². The average molecular weight is 313 g/mol. The molecule has 0 unspecified atom stereocenters. The van der Waals surface area contributed by atoms with Gasteiger partial charge in [-0.15, -0.1) is 0 Å². The third kappa shape index (κ3) is 3.11. The number of nitrogens with zero attached hydrogens (tertiary/aromatic N) is 1. The predicted molar refractivity (Wildman–Crippen MR) is 74.1 cm³/mol. The fourth-order valence-corrected chi connectivity index (χ4v) is 4.02. The maximum absolute atomic E-state index is 12.5. The highest BCUT2D eigenvalue weighted by molar-refractivity contribution is 7.89. The van der Waals surface area contributed by atoms with Crippen molar-refractivity contribution in [1.82, 2.24) is 14.9 Å². The van der Waals surface area contributed by atoms with Gasteiger partial charge >= 0.3 is 5.97 Å². The summed E-state index contributed by atoms with van der Waals surface area (Å²) >= 11 is 0. The Balaban J connectivity index is 1.81. The first kappa shape index (κ1) is 14.5. The maximum atomic E-state index is 12.5. The lowest BCUT2D eigenvalue weighted by molar-refractivity contribution is 0.0522. The zero-order valence-electron chi connectivity index (χ0n) is 11.8. The molecule has 8 heteroatoms. The molecule has 1 aromatic heterocycles. The van der Waals surface area contributed by atoms with Crippen molar-refractivity contribution in [3.05, 3.63) is 11.8 Å². The Morgan fingerprint density at radius 3 is 2.57 bits per heavy atom. The molecule has 0 radical (unpaired) electrons. The summed E-state index contributed by atoms with van der Waals surface area (Å²) in [5, 5.41) is 5.88. The molecule has 2 N–H and O–H groups in total. The molecule has 2 saturated carbocycles. The highest BCUT2D eigenvalue weighted by Crippen LogP contribution is 2.45. The quantitative estimate of drug-likeness (QED) is 0.733. The monoisotopic (exact) mass is 313 g/mol. The summed E-state index contributed by atoms with van der Waals surface area (Å²) < 4.78 is 32.6. The number of H-pyrrole nitrogens is 1. The molecule has 0 bridgehead atoms. The van der Waals surface area contributed by atoms with Crippen LogP contribution in [0.4, 0.5) is 0 Å². The largest absolute Gasteiger partial charge is 0.462 e. The summed E-state index contributed by atoms with van der Waals surface area (Å²) in [6.45, 7) is 1.85. The lowest BCUT2D eigenvalue weighted by atomic mass is 10.1. The number of carbonyl (C=O) groups excluding carboxylic acids is 1. The van der Waals surface area contributed by atoms with Crippen molar-refractivity contribution in [3.63, 3.8) is 0 Å². The molecule has 1 heterocycles. The van der Waals surface area contributed by atoms with Gasteiger partial charge in [-0.3, -0.25) is 5.10 Å². The lowest BCUT2D eigenvalue weighted by Gasteiger charge is -2.17. The minimum Gasteiger partial charge on any atom is -0.462 e. The van der Waals surface area contributed by atoms with Gasteiger partial charge in [0.2, 0.25) is 0 Å². The van der Waals surface area contributed by atoms with Gasteiger partial charge in [0.25, 0.3) is 10.0 Å². The van der Waals surface area contributed by atoms with Crippen LogP contribution in [-0.4, -0.2) is 37.2 Å². The van der Waals surface area contributed by atoms with Crippen molar-refractivity contribution in [2.75, 3.05) is 6.61 Å². The Hall–Kier alpha value is -1.41. The van der Waals surface area contributed by atoms with E-state index in [4.69, 9.17) is 4.74 Å². The Morgan fingerprint density at radius 2 is 2.05 bits per heavy atom. The first-order chi connectivity index (χ1) is 10.0. The van der Waals surface area contributed by atoms with Crippen LogP contribution in [0.25, 0.3) is 0 Å². The van der Waals surface area contributed by atoms with E-state index in [2.05, 4.69) is 14.9 Å². The molecular formula is C13H19N3O4S. The number of aromatic nitrogens is 2. The third-order valence-corrected chi connectivity index (χ3v) is 5.35. The summed E-state index contributed by atoms with van der Waals surface area (Å²) in [5.41, 5.74) is -0.0466. The zero-order chi connectivity index (χ0) is 15.0. The number of esters is 1. The van der Waals surface area contributed by atoms with E-state index in [9.17, 15) is 13.2 Å². The van der Waals surface area contributed by atoms with Gasteiger partial charge < -0.3 is 4.74 Å². The fourth-order valence-electron chi connectivity index (χ4n) is 2.56. The number of nitrogens with one attached hydrogen (secondary N) is 2. The van der Waals surface area contributed by atoms with Gasteiger partial charge in [-0.1, -0.05) is 0 Å². The second-order valence-electron chi connectivity index (χ2n) is 5.66. The second-order valence-corrected chi connectivity index (χ2v) is 7.31. The number of carbonyl (C=O) groups is 1. The van der Waals surface area contributed by atoms with E-state index in [-0.39, 0.29) is 23.2 Å². The van der Waals surface area contributed by atoms with Crippen LogP contribution in [0.15, 0.2) is 11.2 Å². The van der Waals surface area contributed by atoms with Crippen LogP contribution < -0.4 is 4.72 Å². The van der Waals surface area contributed by atoms with Gasteiger partial charge in [0.05, 0.1) is 12.8 Å². The zero-order valence-corrected chi connectivity index (χ0v) is 12.6. The first-order valence-electron chi connectivity index (χ1n) is 7.25. The number of ether oxygens (including phenoxy) is 1. The van der Waals surface area contributed by atoms with Crippen LogP contribution in [0.1, 0.15) is 43.0 Å². The number of hydrogen-bond acceptors (Lipinski definition) is 5. The van der Waals surface area contributed by atoms with E-state index in [1.54, 1.807) is 6.92 Å². The Bertz CT molecular complexity index is 620. The van der Waals surface area contributed by atoms with Crippen LogP contribution >= 0.6 is 0 Å². The summed E-state index contributed by atoms with van der Waals surface area (Å²) in [4.78, 5) is 11.8. The van der Waals surface area contributed by atoms with Gasteiger partial charge in [-0.2, -0.15) is 5.10 Å². The molecule has 3 rings (SSSR count). The van der Waals surface area contributed by atoms with E-state index < -0.39 is 16.0 Å². The second kappa shape index (κ2) is 5.42. The molecule has 0 spiro atoms. The normalized spacial score (nSPS) is 19.0. The SMILES string of the molecule is CCOC(=O)c1cn[nH]c1S(=O)(=O)NC(C1CC1)C1CC1. The van der Waals surface area contributed by atoms with Crippen molar-refractivity contribution >= 4 is 16.0 Å². The summed E-state index contributed by atoms with van der Waals surface area (Å²) in [5.74, 6) is 0.184. The van der Waals surface area contributed by atoms with E-state index in [0.717, 1.165) is 25.7 Å². The average Bonchev–Trinajstić information content (AvgIpc) is 3.34. The van der Waals surface area contributed by atoms with Crippen LogP contribution in [0.3, 0.4) is 0 Å². The maximum Gasteiger partial charge on any atom is 0.342 e. The molecule has 21 heavy (non-hydrogen) atoms. The Morgan fingerprint density at radius 1 is 1.43 bits per heavy atom. The van der Waals surface area contributed by atoms with Gasteiger partial charge in [0, 0.05) is 6.04 Å². The molecular weight excluding hydrogens is 294 g/mol. The number of rotatable bonds is 7. The number of aromatic amines is 1. The molecule has 0 saturated heterocycles. The van der Waals surface area contributed by atoms with Crippen molar-refractivity contribution < 1.29 is 17.9 Å². The molecule has 116 valence electrons. The minimum atomic E-state index is -3.79. The Kier molecular flexibility index (Phi) is 3.75. The van der Waals surface area contributed by atoms with Crippen molar-refractivity contribution in [3.8, 4) is 0 Å². The minimum absolute atomic E-state index is 0.0201. The highest BCUT2D eigenvalue weighted by Gasteiger charge is 2.44. The van der Waals surface area contributed by atoms with E-state index in [0.29, 0.717) is 11.8 Å². The van der Waals surface area contributed by atoms with Crippen molar-refractivity contribution in [2.45, 2.75) is 43.7 Å². The third-order valence-electron chi connectivity index (χ3n) is 3.92. The number of sulfonamides is 1. The summed E-state index contributed by atoms with van der Waals surface area (Å²) in [7, 11) is -3.79. The van der Waals surface area contributed by atoms with Gasteiger partial charge in [0.1, 0.15) is 5.56 Å². The molecule has 2 aliphatic rings. The van der Waals surface area contributed by atoms with Crippen molar-refractivity contribution in [1.29, 1.82) is 0 Å². The van der Waals surface area contributed by atoms with E-state index >= 15 is 0 Å². The molecule has 0 aromatic carbocycles. The predicted octanol–water partition coefficient (Wildman–Crippen LogP) is 1.05. The summed E-state index contributed by atoms with van der Waals surface area (Å²) in [6.07, 6.45) is 5.46. The van der Waals surface area contributed by atoms with Gasteiger partial charge in [-0.05, 0) is 44.4 Å². The lowest BCUT2D eigenvalue weighted by Crippen LogP contribution is -2.38. The standard InChI is InChI=1S/C13H19N3O4S/c1-2-20-13(17)10-7-14-15-12(10)21(18,19)16-11(8-3-4-8)9-5-6-9/h7-9,11,16H,2-6H2,1H3,(H,14,15). The van der Waals surface area contributed by atoms with Crippen molar-refractivity contribution in [2.24, 2.45) is 11.8 Å². The molecule has 0 amide bonds. The van der Waals surface area contributed by atoms with Crippen LogP contribution in [0.5, 0.6) is 0 Å².